The highest BCUT2D eigenvalue weighted by atomic mass is 32.2. The summed E-state index contributed by atoms with van der Waals surface area (Å²) in [6, 6.07) is 0. The molecule has 1 N–H and O–H groups in total. The molecular weight excluding hydrogens is 536 g/mol. The van der Waals surface area contributed by atoms with Gasteiger partial charge in [-0.1, -0.05) is 13.0 Å². The van der Waals surface area contributed by atoms with E-state index in [2.05, 4.69) is 10.1 Å². The molecule has 216 valence electrons. The third-order valence-electron chi connectivity index (χ3n) is 8.03. The summed E-state index contributed by atoms with van der Waals surface area (Å²) in [7, 11) is 0. The van der Waals surface area contributed by atoms with Crippen LogP contribution in [-0.4, -0.2) is 80.2 Å². The van der Waals surface area contributed by atoms with Gasteiger partial charge in [0, 0.05) is 23.5 Å². The van der Waals surface area contributed by atoms with Crippen molar-refractivity contribution in [3.8, 4) is 0 Å². The maximum absolute atomic E-state index is 15.0. The van der Waals surface area contributed by atoms with Crippen LogP contribution in [0, 0.1) is 17.8 Å². The van der Waals surface area contributed by atoms with Gasteiger partial charge in [0.2, 0.25) is 0 Å². The molecule has 1 saturated heterocycles. The van der Waals surface area contributed by atoms with Crippen molar-refractivity contribution in [2.24, 2.45) is 17.8 Å². The topological polar surface area (TPSA) is 69.4 Å². The highest BCUT2D eigenvalue weighted by Crippen LogP contribution is 2.44. The van der Waals surface area contributed by atoms with Crippen LogP contribution in [0.4, 0.5) is 26.3 Å². The van der Waals surface area contributed by atoms with Crippen LogP contribution in [0.5, 0.6) is 0 Å². The second-order valence-corrected chi connectivity index (χ2v) is 12.3. The highest BCUT2D eigenvalue weighted by Gasteiger charge is 2.50. The van der Waals surface area contributed by atoms with Gasteiger partial charge in [-0.25, -0.2) is 18.2 Å². The number of aliphatic hydroxyl groups is 1. The van der Waals surface area contributed by atoms with Crippen LogP contribution in [0.3, 0.4) is 0 Å². The summed E-state index contributed by atoms with van der Waals surface area (Å²) in [5, 5.41) is 15.2. The summed E-state index contributed by atoms with van der Waals surface area (Å²) in [6.07, 6.45) is -3.96. The molecule has 4 rings (SSSR count). The minimum Gasteiger partial charge on any atom is -0.386 e. The van der Waals surface area contributed by atoms with E-state index in [0.717, 1.165) is 0 Å². The first-order valence-corrected chi connectivity index (χ1v) is 14.0. The number of alkyl halides is 6. The molecule has 0 spiro atoms. The Bertz CT molecular complexity index is 901. The van der Waals surface area contributed by atoms with Gasteiger partial charge in [0.1, 0.15) is 36.8 Å². The van der Waals surface area contributed by atoms with Crippen molar-refractivity contribution in [3.05, 3.63) is 24.8 Å². The number of hydrogen-bond acceptors (Lipinski definition) is 6. The molecule has 6 nitrogen and oxygen atoms in total. The fourth-order valence-electron chi connectivity index (χ4n) is 5.74. The van der Waals surface area contributed by atoms with Gasteiger partial charge in [-0.3, -0.25) is 4.68 Å². The Balaban J connectivity index is 1.31. The zero-order valence-corrected chi connectivity index (χ0v) is 22.0. The maximum atomic E-state index is 15.0. The zero-order valence-electron chi connectivity index (χ0n) is 21.2. The standard InChI is InChI=1S/C25H35F6N3O3S/c1-15(24(35,12-34-14-32-13-33-34)20-6-5-18(26)9-22(20)28)38-19-10-36-23(37-11-19)7-3-16-2-4-17(8-21(16)27)25(29,30)31/h3,7,13-23,35H,2,4-6,8-12H2,1H3/b7-3+/t15-,16?,17?,18?,19?,20?,21?,22?,23?,24?/m1/s1. The van der Waals surface area contributed by atoms with E-state index in [9.17, 15) is 31.4 Å². The van der Waals surface area contributed by atoms with Crippen molar-refractivity contribution in [2.45, 2.75) is 99.1 Å². The van der Waals surface area contributed by atoms with Gasteiger partial charge < -0.3 is 14.6 Å². The lowest BCUT2D eigenvalue weighted by molar-refractivity contribution is -0.188. The van der Waals surface area contributed by atoms with Crippen molar-refractivity contribution >= 4 is 11.8 Å². The summed E-state index contributed by atoms with van der Waals surface area (Å²) in [5.41, 5.74) is -1.53. The van der Waals surface area contributed by atoms with Crippen LogP contribution < -0.4 is 0 Å². The van der Waals surface area contributed by atoms with Gasteiger partial charge in [-0.05, 0) is 38.2 Å². The van der Waals surface area contributed by atoms with Gasteiger partial charge in [-0.2, -0.15) is 18.3 Å². The number of rotatable bonds is 8. The van der Waals surface area contributed by atoms with Gasteiger partial charge >= 0.3 is 6.18 Å². The summed E-state index contributed by atoms with van der Waals surface area (Å²) in [4.78, 5) is 3.90. The molecule has 1 aliphatic heterocycles. The van der Waals surface area contributed by atoms with E-state index in [1.54, 1.807) is 13.0 Å². The molecular formula is C25H35F6N3O3S. The fraction of sp³-hybridized carbons (Fsp3) is 0.840. The molecule has 38 heavy (non-hydrogen) atoms. The Morgan fingerprint density at radius 1 is 1.05 bits per heavy atom. The molecule has 3 aliphatic rings. The molecule has 1 aromatic rings. The second-order valence-electron chi connectivity index (χ2n) is 10.7. The van der Waals surface area contributed by atoms with Crippen molar-refractivity contribution < 1.29 is 40.9 Å². The van der Waals surface area contributed by atoms with E-state index < -0.39 is 66.0 Å². The van der Waals surface area contributed by atoms with Crippen LogP contribution >= 0.6 is 11.8 Å². The van der Waals surface area contributed by atoms with Gasteiger partial charge in [-0.15, -0.1) is 11.8 Å². The summed E-state index contributed by atoms with van der Waals surface area (Å²) >= 11 is 1.38. The minimum absolute atomic E-state index is 0.00395. The molecule has 2 aliphatic carbocycles. The lowest BCUT2D eigenvalue weighted by Gasteiger charge is -2.45. The Morgan fingerprint density at radius 2 is 1.79 bits per heavy atom. The molecule has 8 atom stereocenters. The van der Waals surface area contributed by atoms with Crippen LogP contribution in [0.2, 0.25) is 0 Å². The summed E-state index contributed by atoms with van der Waals surface area (Å²) in [6.45, 7) is 2.30. The summed E-state index contributed by atoms with van der Waals surface area (Å²) in [5.74, 6) is -3.00. The average molecular weight is 572 g/mol. The molecule has 1 aromatic heterocycles. The first-order valence-electron chi connectivity index (χ1n) is 13.1. The van der Waals surface area contributed by atoms with E-state index >= 15 is 0 Å². The van der Waals surface area contributed by atoms with Crippen LogP contribution in [0.15, 0.2) is 24.8 Å². The number of hydrogen-bond donors (Lipinski definition) is 1. The maximum Gasteiger partial charge on any atom is 0.391 e. The molecule has 0 amide bonds. The van der Waals surface area contributed by atoms with E-state index in [4.69, 9.17) is 9.47 Å². The van der Waals surface area contributed by atoms with E-state index in [1.807, 2.05) is 0 Å². The quantitative estimate of drug-likeness (QED) is 0.341. The van der Waals surface area contributed by atoms with E-state index in [0.29, 0.717) is 0 Å². The molecule has 7 unspecified atom stereocenters. The lowest BCUT2D eigenvalue weighted by Crippen LogP contribution is -2.55. The monoisotopic (exact) mass is 571 g/mol. The van der Waals surface area contributed by atoms with Gasteiger partial charge in [0.05, 0.1) is 30.9 Å². The smallest absolute Gasteiger partial charge is 0.386 e. The number of thioether (sulfide) groups is 1. The van der Waals surface area contributed by atoms with Crippen LogP contribution in [0.1, 0.15) is 45.4 Å². The molecule has 13 heteroatoms. The number of nitrogens with zero attached hydrogens (tertiary/aromatic N) is 3. The first kappa shape index (κ1) is 29.7. The molecule has 2 saturated carbocycles. The predicted molar refractivity (Wildman–Crippen MR) is 130 cm³/mol. The van der Waals surface area contributed by atoms with Crippen LogP contribution in [0.25, 0.3) is 0 Å². The Labute approximate surface area is 222 Å². The number of halogens is 6. The average Bonchev–Trinajstić information content (AvgIpc) is 3.36. The molecule has 3 fully saturated rings. The zero-order chi connectivity index (χ0) is 27.5. The SMILES string of the molecule is C[C@@H](SC1COC(/C=C/C2CCC(C(F)(F)F)CC2F)OC1)C(O)(Cn1cncn1)C1CCC(F)CC1F. The first-order chi connectivity index (χ1) is 18.0. The third-order valence-corrected chi connectivity index (χ3v) is 9.50. The van der Waals surface area contributed by atoms with Gasteiger partial charge in [0.25, 0.3) is 0 Å². The Kier molecular flexibility index (Phi) is 9.73. The third kappa shape index (κ3) is 7.25. The largest absolute Gasteiger partial charge is 0.391 e. The normalized spacial score (nSPS) is 37.7. The van der Waals surface area contributed by atoms with Crippen molar-refractivity contribution in [3.63, 3.8) is 0 Å². The Hall–Kier alpha value is -1.31. The highest BCUT2D eigenvalue weighted by molar-refractivity contribution is 8.00. The number of aromatic nitrogens is 3. The second kappa shape index (κ2) is 12.5. The fourth-order valence-corrected chi connectivity index (χ4v) is 7.11. The van der Waals surface area contributed by atoms with Crippen molar-refractivity contribution in [2.75, 3.05) is 13.2 Å². The lowest BCUT2D eigenvalue weighted by atomic mass is 9.73. The number of allylic oxidation sites excluding steroid dienone is 1. The molecule has 0 radical (unpaired) electrons. The van der Waals surface area contributed by atoms with Gasteiger partial charge in [0.15, 0.2) is 6.29 Å². The molecule has 0 aromatic carbocycles. The summed E-state index contributed by atoms with van der Waals surface area (Å²) < 4.78 is 94.6. The van der Waals surface area contributed by atoms with E-state index in [-0.39, 0.29) is 57.1 Å². The Morgan fingerprint density at radius 3 is 2.39 bits per heavy atom. The molecule has 2 heterocycles. The van der Waals surface area contributed by atoms with Crippen LogP contribution in [-0.2, 0) is 16.0 Å². The minimum atomic E-state index is -4.38. The molecule has 0 bridgehead atoms. The number of ether oxygens (including phenoxy) is 2. The van der Waals surface area contributed by atoms with Crippen molar-refractivity contribution in [1.82, 2.24) is 14.8 Å². The van der Waals surface area contributed by atoms with Crippen molar-refractivity contribution in [1.29, 1.82) is 0 Å². The van der Waals surface area contributed by atoms with E-state index in [1.165, 1.54) is 35.2 Å². The predicted octanol–water partition coefficient (Wildman–Crippen LogP) is 5.22.